The number of hydrogen-bond acceptors (Lipinski definition) is 5. The molecule has 0 saturated heterocycles. The van der Waals surface area contributed by atoms with E-state index in [0.717, 1.165) is 0 Å². The van der Waals surface area contributed by atoms with Crippen molar-refractivity contribution in [3.63, 3.8) is 0 Å². The van der Waals surface area contributed by atoms with Crippen LogP contribution in [0.25, 0.3) is 0 Å². The Morgan fingerprint density at radius 2 is 2.13 bits per heavy atom. The second-order valence-electron chi connectivity index (χ2n) is 6.15. The lowest BCUT2D eigenvalue weighted by Crippen LogP contribution is -2.44. The third-order valence-corrected chi connectivity index (χ3v) is 3.48. The maximum Gasteiger partial charge on any atom is 0.313 e. The average Bonchev–Trinajstić information content (AvgIpc) is 2.37. The lowest BCUT2D eigenvalue weighted by atomic mass is 9.98. The number of thiocarbonyl (C=S) groups is 1. The van der Waals surface area contributed by atoms with Crippen LogP contribution in [0.3, 0.4) is 0 Å². The largest absolute Gasteiger partial charge is 0.460 e. The molecule has 0 radical (unpaired) electrons. The molecule has 7 heteroatoms. The third-order valence-electron chi connectivity index (χ3n) is 3.06. The summed E-state index contributed by atoms with van der Waals surface area (Å²) in [7, 11) is 0. The smallest absolute Gasteiger partial charge is 0.313 e. The van der Waals surface area contributed by atoms with Crippen LogP contribution in [0.15, 0.2) is 18.2 Å². The first-order valence-corrected chi connectivity index (χ1v) is 8.09. The van der Waals surface area contributed by atoms with Gasteiger partial charge in [0.15, 0.2) is 0 Å². The van der Waals surface area contributed by atoms with Gasteiger partial charge in [0, 0.05) is 17.2 Å². The fourth-order valence-electron chi connectivity index (χ4n) is 2.37. The molecule has 0 fully saturated rings. The first-order chi connectivity index (χ1) is 10.6. The molecule has 2 rings (SSSR count). The Labute approximate surface area is 146 Å². The second-order valence-corrected chi connectivity index (χ2v) is 6.96. The number of halogens is 1. The number of carbonyl (C=O) groups is 1. The summed E-state index contributed by atoms with van der Waals surface area (Å²) < 4.78 is 16.9. The molecule has 1 heterocycles. The number of hydrogen-bond donors (Lipinski definition) is 1. The number of fused-ring (bicyclic) bond motifs is 1. The summed E-state index contributed by atoms with van der Waals surface area (Å²) in [5.41, 5.74) is 0.712. The third kappa shape index (κ3) is 4.34. The van der Waals surface area contributed by atoms with E-state index < -0.39 is 17.4 Å². The number of carbonyl (C=O) groups excluding carboxylic acids is 1. The zero-order valence-corrected chi connectivity index (χ0v) is 15.1. The molecule has 1 aliphatic heterocycles. The molecule has 126 valence electrons. The van der Waals surface area contributed by atoms with Crippen LogP contribution in [0.4, 0.5) is 5.69 Å². The van der Waals surface area contributed by atoms with Crippen LogP contribution in [-0.4, -0.2) is 23.4 Å². The Kier molecular flexibility index (Phi) is 5.18. The maximum atomic E-state index is 12.3. The predicted molar refractivity (Wildman–Crippen MR) is 92.5 cm³/mol. The fourth-order valence-corrected chi connectivity index (χ4v) is 2.79. The highest BCUT2D eigenvalue weighted by atomic mass is 35.5. The van der Waals surface area contributed by atoms with E-state index in [1.165, 1.54) is 0 Å². The van der Waals surface area contributed by atoms with E-state index in [4.69, 9.17) is 38.0 Å². The minimum absolute atomic E-state index is 0.132. The summed E-state index contributed by atoms with van der Waals surface area (Å²) in [5, 5.41) is 3.59. The van der Waals surface area contributed by atoms with Crippen LogP contribution in [0, 0.1) is 0 Å². The van der Waals surface area contributed by atoms with E-state index in [0.29, 0.717) is 22.9 Å². The lowest BCUT2D eigenvalue weighted by molar-refractivity contribution is -0.214. The molecule has 1 N–H and O–H groups in total. The molecule has 23 heavy (non-hydrogen) atoms. The van der Waals surface area contributed by atoms with Gasteiger partial charge in [-0.15, -0.1) is 0 Å². The molecule has 0 aromatic heterocycles. The normalized spacial score (nSPS) is 20.3. The molecule has 1 aromatic carbocycles. The second kappa shape index (κ2) is 6.63. The van der Waals surface area contributed by atoms with Crippen LogP contribution < -0.4 is 5.32 Å². The highest BCUT2D eigenvalue weighted by Gasteiger charge is 2.45. The number of ether oxygens (including phenoxy) is 3. The number of rotatable bonds is 4. The molecule has 0 saturated carbocycles. The molecule has 1 atom stereocenters. The summed E-state index contributed by atoms with van der Waals surface area (Å²) in [4.78, 5) is 12.3. The molecular weight excluding hydrogens is 338 g/mol. The first-order valence-electron chi connectivity index (χ1n) is 7.31. The number of nitrogens with one attached hydrogen (secondary N) is 1. The van der Waals surface area contributed by atoms with Crippen molar-refractivity contribution in [1.29, 1.82) is 0 Å². The van der Waals surface area contributed by atoms with E-state index in [2.05, 4.69) is 5.32 Å². The summed E-state index contributed by atoms with van der Waals surface area (Å²) in [6.07, 6.45) is -0.132. The molecule has 0 aliphatic carbocycles. The first kappa shape index (κ1) is 18.0. The molecule has 0 amide bonds. The van der Waals surface area contributed by atoms with Crippen molar-refractivity contribution in [3.05, 3.63) is 28.8 Å². The lowest BCUT2D eigenvalue weighted by Gasteiger charge is -2.39. The van der Waals surface area contributed by atoms with Gasteiger partial charge >= 0.3 is 5.97 Å². The fraction of sp³-hybridized carbons (Fsp3) is 0.500. The van der Waals surface area contributed by atoms with Gasteiger partial charge in [0.05, 0.1) is 5.69 Å². The Bertz CT molecular complexity index is 629. The standard InChI is InChI=1S/C16H20ClNO4S/c1-5-20-16(9-13(19)21-15(2,3)4)11-8-10(17)6-7-12(11)18-14(23)22-16/h6-8H,5,9H2,1-4H3,(H,18,23). The van der Waals surface area contributed by atoms with E-state index in [1.54, 1.807) is 39.0 Å². The maximum absolute atomic E-state index is 12.3. The van der Waals surface area contributed by atoms with E-state index >= 15 is 0 Å². The summed E-state index contributed by atoms with van der Waals surface area (Å²) in [6.45, 7) is 7.55. The van der Waals surface area contributed by atoms with Crippen molar-refractivity contribution in [2.45, 2.75) is 45.5 Å². The molecular formula is C16H20ClNO4S. The molecule has 0 bridgehead atoms. The molecule has 1 aliphatic rings. The van der Waals surface area contributed by atoms with Gasteiger partial charge in [-0.05, 0) is 58.1 Å². The van der Waals surface area contributed by atoms with Gasteiger partial charge in [0.25, 0.3) is 11.0 Å². The predicted octanol–water partition coefficient (Wildman–Crippen LogP) is 3.99. The molecule has 0 spiro atoms. The highest BCUT2D eigenvalue weighted by molar-refractivity contribution is 7.80. The van der Waals surface area contributed by atoms with Gasteiger partial charge in [-0.25, -0.2) is 0 Å². The molecule has 1 unspecified atom stereocenters. The van der Waals surface area contributed by atoms with Crippen LogP contribution in [0.2, 0.25) is 5.02 Å². The molecule has 1 aromatic rings. The topological polar surface area (TPSA) is 56.8 Å². The summed E-state index contributed by atoms with van der Waals surface area (Å²) in [6, 6.07) is 5.20. The Morgan fingerprint density at radius 3 is 2.74 bits per heavy atom. The number of esters is 1. The van der Waals surface area contributed by atoms with Crippen molar-refractivity contribution in [3.8, 4) is 0 Å². The van der Waals surface area contributed by atoms with Crippen molar-refractivity contribution in [2.75, 3.05) is 11.9 Å². The Hall–Kier alpha value is -1.37. The highest BCUT2D eigenvalue weighted by Crippen LogP contribution is 2.41. The Balaban J connectivity index is 2.42. The number of benzene rings is 1. The van der Waals surface area contributed by atoms with Crippen LogP contribution in [-0.2, 0) is 24.8 Å². The van der Waals surface area contributed by atoms with Crippen molar-refractivity contribution in [2.24, 2.45) is 0 Å². The zero-order chi connectivity index (χ0) is 17.3. The van der Waals surface area contributed by atoms with Crippen molar-refractivity contribution >= 4 is 40.7 Å². The van der Waals surface area contributed by atoms with Gasteiger partial charge in [0.2, 0.25) is 0 Å². The van der Waals surface area contributed by atoms with Gasteiger partial charge in [0.1, 0.15) is 12.0 Å². The van der Waals surface area contributed by atoms with Gasteiger partial charge in [-0.2, -0.15) is 0 Å². The van der Waals surface area contributed by atoms with Crippen LogP contribution in [0.5, 0.6) is 0 Å². The van der Waals surface area contributed by atoms with Crippen molar-refractivity contribution in [1.82, 2.24) is 0 Å². The SMILES string of the molecule is CCOC1(CC(=O)OC(C)(C)C)OC(=S)Nc2ccc(Cl)cc21. The minimum Gasteiger partial charge on any atom is -0.460 e. The van der Waals surface area contributed by atoms with E-state index in [9.17, 15) is 4.79 Å². The van der Waals surface area contributed by atoms with Crippen LogP contribution in [0.1, 0.15) is 39.7 Å². The van der Waals surface area contributed by atoms with Gasteiger partial charge in [-0.3, -0.25) is 4.79 Å². The summed E-state index contributed by atoms with van der Waals surface area (Å²) in [5.74, 6) is -1.79. The summed E-state index contributed by atoms with van der Waals surface area (Å²) >= 11 is 11.2. The van der Waals surface area contributed by atoms with E-state index in [-0.39, 0.29) is 11.6 Å². The number of anilines is 1. The molecule has 5 nitrogen and oxygen atoms in total. The minimum atomic E-state index is -1.35. The van der Waals surface area contributed by atoms with Gasteiger partial charge < -0.3 is 19.5 Å². The van der Waals surface area contributed by atoms with Gasteiger partial charge in [-0.1, -0.05) is 11.6 Å². The average molecular weight is 358 g/mol. The zero-order valence-electron chi connectivity index (χ0n) is 13.6. The quantitative estimate of drug-likeness (QED) is 0.649. The van der Waals surface area contributed by atoms with E-state index in [1.807, 2.05) is 6.92 Å². The Morgan fingerprint density at radius 1 is 1.43 bits per heavy atom. The van der Waals surface area contributed by atoms with Crippen LogP contribution >= 0.6 is 23.8 Å². The monoisotopic (exact) mass is 357 g/mol. The van der Waals surface area contributed by atoms with Crippen molar-refractivity contribution < 1.29 is 19.0 Å².